The van der Waals surface area contributed by atoms with Gasteiger partial charge in [0.05, 0.1) is 6.61 Å². The van der Waals surface area contributed by atoms with E-state index in [0.717, 1.165) is 17.4 Å². The Morgan fingerprint density at radius 3 is 2.83 bits per heavy atom. The van der Waals surface area contributed by atoms with Gasteiger partial charge in [-0.3, -0.25) is 0 Å². The lowest BCUT2D eigenvalue weighted by molar-refractivity contribution is 0.0492. The molecule has 0 aliphatic heterocycles. The van der Waals surface area contributed by atoms with Gasteiger partial charge in [-0.05, 0) is 43.5 Å². The van der Waals surface area contributed by atoms with E-state index >= 15 is 0 Å². The lowest BCUT2D eigenvalue weighted by atomic mass is 10.1. The Bertz CT molecular complexity index is 540. The number of hydrogen-bond acceptors (Lipinski definition) is 3. The average molecular weight is 246 g/mol. The van der Waals surface area contributed by atoms with Crippen LogP contribution in [0.5, 0.6) is 0 Å². The summed E-state index contributed by atoms with van der Waals surface area (Å²) in [6, 6.07) is 7.81. The van der Waals surface area contributed by atoms with Gasteiger partial charge in [0, 0.05) is 5.39 Å². The number of furan rings is 1. The maximum absolute atomic E-state index is 11.6. The molecule has 3 nitrogen and oxygen atoms in total. The molecule has 0 radical (unpaired) electrons. The van der Waals surface area contributed by atoms with Gasteiger partial charge in [0.25, 0.3) is 0 Å². The first-order chi connectivity index (χ1) is 8.74. The lowest BCUT2D eigenvalue weighted by Gasteiger charge is -1.98. The molecule has 0 saturated heterocycles. The number of ether oxygens (including phenoxy) is 1. The minimum Gasteiger partial charge on any atom is -0.460 e. The number of esters is 1. The predicted octanol–water partition coefficient (Wildman–Crippen LogP) is 3.95. The molecule has 0 N–H and O–H groups in total. The number of carbonyl (C=O) groups excluding carboxylic acids is 1. The van der Waals surface area contributed by atoms with Gasteiger partial charge < -0.3 is 9.15 Å². The standard InChI is InChI=1S/C15H18O3/c1-3-5-6-11-7-8-13-12(9-11)10-14(18-13)15(16)17-4-2/h7-10H,3-6H2,1-2H3. The highest BCUT2D eigenvalue weighted by molar-refractivity contribution is 5.92. The number of rotatable bonds is 5. The van der Waals surface area contributed by atoms with Crippen LogP contribution in [0.1, 0.15) is 42.8 Å². The zero-order valence-corrected chi connectivity index (χ0v) is 10.9. The summed E-state index contributed by atoms with van der Waals surface area (Å²) in [7, 11) is 0. The summed E-state index contributed by atoms with van der Waals surface area (Å²) in [6.45, 7) is 4.32. The molecule has 0 amide bonds. The van der Waals surface area contributed by atoms with Gasteiger partial charge in [-0.1, -0.05) is 19.4 Å². The van der Waals surface area contributed by atoms with Crippen molar-refractivity contribution in [2.24, 2.45) is 0 Å². The van der Waals surface area contributed by atoms with E-state index in [-0.39, 0.29) is 5.76 Å². The van der Waals surface area contributed by atoms with E-state index < -0.39 is 5.97 Å². The van der Waals surface area contributed by atoms with Gasteiger partial charge in [-0.15, -0.1) is 0 Å². The average Bonchev–Trinajstić information content (AvgIpc) is 2.79. The highest BCUT2D eigenvalue weighted by Crippen LogP contribution is 2.22. The van der Waals surface area contributed by atoms with Crippen molar-refractivity contribution in [2.75, 3.05) is 6.61 Å². The Balaban J connectivity index is 2.25. The van der Waals surface area contributed by atoms with Crippen molar-refractivity contribution in [2.45, 2.75) is 33.1 Å². The summed E-state index contributed by atoms with van der Waals surface area (Å²) >= 11 is 0. The van der Waals surface area contributed by atoms with Crippen molar-refractivity contribution in [1.82, 2.24) is 0 Å². The molecule has 2 aromatic rings. The quantitative estimate of drug-likeness (QED) is 0.750. The summed E-state index contributed by atoms with van der Waals surface area (Å²) in [5.41, 5.74) is 2.01. The molecule has 0 aliphatic rings. The third-order valence-electron chi connectivity index (χ3n) is 2.88. The monoisotopic (exact) mass is 246 g/mol. The molecule has 2 rings (SSSR count). The molecule has 96 valence electrons. The summed E-state index contributed by atoms with van der Waals surface area (Å²) < 4.78 is 10.4. The largest absolute Gasteiger partial charge is 0.460 e. The number of fused-ring (bicyclic) bond motifs is 1. The van der Waals surface area contributed by atoms with Crippen LogP contribution < -0.4 is 0 Å². The minimum absolute atomic E-state index is 0.277. The number of aryl methyl sites for hydroxylation is 1. The molecule has 18 heavy (non-hydrogen) atoms. The number of benzene rings is 1. The van der Waals surface area contributed by atoms with Crippen LogP contribution in [0.25, 0.3) is 11.0 Å². The molecule has 0 spiro atoms. The number of hydrogen-bond donors (Lipinski definition) is 0. The molecule has 3 heteroatoms. The first-order valence-electron chi connectivity index (χ1n) is 6.44. The zero-order chi connectivity index (χ0) is 13.0. The van der Waals surface area contributed by atoms with Crippen LogP contribution in [0, 0.1) is 0 Å². The number of carbonyl (C=O) groups is 1. The van der Waals surface area contributed by atoms with Crippen LogP contribution in [0.2, 0.25) is 0 Å². The fourth-order valence-corrected chi connectivity index (χ4v) is 1.93. The number of unbranched alkanes of at least 4 members (excludes halogenated alkanes) is 1. The van der Waals surface area contributed by atoms with Gasteiger partial charge in [-0.2, -0.15) is 0 Å². The second-order valence-corrected chi connectivity index (χ2v) is 4.31. The summed E-state index contributed by atoms with van der Waals surface area (Å²) in [5, 5.41) is 0.964. The Morgan fingerprint density at radius 2 is 2.11 bits per heavy atom. The zero-order valence-electron chi connectivity index (χ0n) is 10.9. The van der Waals surface area contributed by atoms with Gasteiger partial charge in [0.15, 0.2) is 0 Å². The molecule has 0 unspecified atom stereocenters. The molecular weight excluding hydrogens is 228 g/mol. The molecule has 1 heterocycles. The molecule has 0 aliphatic carbocycles. The third-order valence-corrected chi connectivity index (χ3v) is 2.88. The Morgan fingerprint density at radius 1 is 1.28 bits per heavy atom. The van der Waals surface area contributed by atoms with Crippen molar-refractivity contribution in [3.05, 3.63) is 35.6 Å². The Labute approximate surface area is 107 Å². The maximum atomic E-state index is 11.6. The van der Waals surface area contributed by atoms with Crippen molar-refractivity contribution in [1.29, 1.82) is 0 Å². The summed E-state index contributed by atoms with van der Waals surface area (Å²) in [6.07, 6.45) is 3.41. The molecule has 1 aromatic heterocycles. The van der Waals surface area contributed by atoms with Crippen LogP contribution in [0.4, 0.5) is 0 Å². The predicted molar refractivity (Wildman–Crippen MR) is 70.8 cm³/mol. The van der Waals surface area contributed by atoms with Crippen LogP contribution in [0.15, 0.2) is 28.7 Å². The van der Waals surface area contributed by atoms with Gasteiger partial charge in [0.1, 0.15) is 5.58 Å². The topological polar surface area (TPSA) is 39.4 Å². The van der Waals surface area contributed by atoms with E-state index in [0.29, 0.717) is 6.61 Å². The van der Waals surface area contributed by atoms with Crippen molar-refractivity contribution < 1.29 is 13.9 Å². The summed E-state index contributed by atoms with van der Waals surface area (Å²) in [5.74, 6) is -0.122. The van der Waals surface area contributed by atoms with E-state index in [4.69, 9.17) is 9.15 Å². The maximum Gasteiger partial charge on any atom is 0.374 e. The van der Waals surface area contributed by atoms with E-state index in [1.165, 1.54) is 18.4 Å². The normalized spacial score (nSPS) is 10.8. The van der Waals surface area contributed by atoms with E-state index in [1.807, 2.05) is 6.07 Å². The molecule has 0 atom stereocenters. The highest BCUT2D eigenvalue weighted by atomic mass is 16.5. The molecule has 0 bridgehead atoms. The second kappa shape index (κ2) is 5.71. The van der Waals surface area contributed by atoms with Crippen LogP contribution >= 0.6 is 0 Å². The molecular formula is C15H18O3. The smallest absolute Gasteiger partial charge is 0.374 e. The van der Waals surface area contributed by atoms with Crippen LogP contribution in [0.3, 0.4) is 0 Å². The van der Waals surface area contributed by atoms with Crippen LogP contribution in [-0.4, -0.2) is 12.6 Å². The Hall–Kier alpha value is -1.77. The molecule has 1 aromatic carbocycles. The fourth-order valence-electron chi connectivity index (χ4n) is 1.93. The fraction of sp³-hybridized carbons (Fsp3) is 0.400. The third kappa shape index (κ3) is 2.73. The van der Waals surface area contributed by atoms with Gasteiger partial charge in [-0.25, -0.2) is 4.79 Å². The lowest BCUT2D eigenvalue weighted by Crippen LogP contribution is -2.02. The first kappa shape index (κ1) is 12.7. The SMILES string of the molecule is CCCCc1ccc2oc(C(=O)OCC)cc2c1. The molecule has 0 fully saturated rings. The van der Waals surface area contributed by atoms with E-state index in [2.05, 4.69) is 19.1 Å². The van der Waals surface area contributed by atoms with Crippen LogP contribution in [-0.2, 0) is 11.2 Å². The van der Waals surface area contributed by atoms with E-state index in [1.54, 1.807) is 13.0 Å². The highest BCUT2D eigenvalue weighted by Gasteiger charge is 2.13. The van der Waals surface area contributed by atoms with Crippen molar-refractivity contribution in [3.8, 4) is 0 Å². The minimum atomic E-state index is -0.399. The van der Waals surface area contributed by atoms with Gasteiger partial charge in [0.2, 0.25) is 5.76 Å². The van der Waals surface area contributed by atoms with Crippen molar-refractivity contribution in [3.63, 3.8) is 0 Å². The molecule has 0 saturated carbocycles. The van der Waals surface area contributed by atoms with Crippen molar-refractivity contribution >= 4 is 16.9 Å². The first-order valence-corrected chi connectivity index (χ1v) is 6.44. The van der Waals surface area contributed by atoms with Gasteiger partial charge >= 0.3 is 5.97 Å². The van der Waals surface area contributed by atoms with E-state index in [9.17, 15) is 4.79 Å². The summed E-state index contributed by atoms with van der Waals surface area (Å²) in [4.78, 5) is 11.6. The Kier molecular flexibility index (Phi) is 4.03. The second-order valence-electron chi connectivity index (χ2n) is 4.31.